The molecule has 1 aromatic heterocycles. The normalized spacial score (nSPS) is 6.82. The zero-order valence-corrected chi connectivity index (χ0v) is 6.92. The van der Waals surface area contributed by atoms with Crippen molar-refractivity contribution in [2.24, 2.45) is 0 Å². The van der Waals surface area contributed by atoms with Gasteiger partial charge in [-0.05, 0) is 0 Å². The Labute approximate surface area is 72.3 Å². The van der Waals surface area contributed by atoms with Crippen molar-refractivity contribution in [3.05, 3.63) is 30.6 Å². The van der Waals surface area contributed by atoms with Gasteiger partial charge in [-0.2, -0.15) is 9.83 Å². The molecule has 11 heavy (non-hydrogen) atoms. The van der Waals surface area contributed by atoms with Gasteiger partial charge in [0.25, 0.3) is 0 Å². The van der Waals surface area contributed by atoms with E-state index in [1.54, 1.807) is 0 Å². The molecule has 1 rings (SSSR count). The molecule has 0 aromatic carbocycles. The molecule has 0 aliphatic heterocycles. The van der Waals surface area contributed by atoms with E-state index < -0.39 is 0 Å². The fraction of sp³-hybridized carbons (Fsp3) is 0.143. The van der Waals surface area contributed by atoms with Gasteiger partial charge < -0.3 is 6.15 Å². The van der Waals surface area contributed by atoms with Crippen molar-refractivity contribution >= 4 is 12.4 Å². The second-order valence-corrected chi connectivity index (χ2v) is 1.71. The molecule has 0 radical (unpaired) electrons. The van der Waals surface area contributed by atoms with E-state index in [1.165, 1.54) is 0 Å². The minimum absolute atomic E-state index is 0. The highest BCUT2D eigenvalue weighted by Crippen LogP contribution is 1.74. The van der Waals surface area contributed by atoms with Crippen LogP contribution in [0.1, 0.15) is 0 Å². The first-order valence-corrected chi connectivity index (χ1v) is 2.74. The number of nitriles is 1. The first-order chi connectivity index (χ1) is 4.43. The molecule has 0 amide bonds. The third-order valence-electron chi connectivity index (χ3n) is 1.03. The molecular weight excluding hydrogens is 162 g/mol. The average molecular weight is 173 g/mol. The van der Waals surface area contributed by atoms with Crippen LogP contribution in [0.2, 0.25) is 0 Å². The fourth-order valence-corrected chi connectivity index (χ4v) is 0.621. The van der Waals surface area contributed by atoms with E-state index in [9.17, 15) is 0 Å². The zero-order chi connectivity index (χ0) is 6.53. The number of rotatable bonds is 1. The molecule has 0 fully saturated rings. The van der Waals surface area contributed by atoms with Crippen LogP contribution in [0.25, 0.3) is 0 Å². The fourth-order valence-electron chi connectivity index (χ4n) is 0.621. The lowest BCUT2D eigenvalue weighted by Gasteiger charge is -1.83. The van der Waals surface area contributed by atoms with Gasteiger partial charge in [0.2, 0.25) is 6.54 Å². The van der Waals surface area contributed by atoms with E-state index in [4.69, 9.17) is 5.26 Å². The van der Waals surface area contributed by atoms with Crippen LogP contribution in [0.4, 0.5) is 0 Å². The number of hydrogen-bond donors (Lipinski definition) is 1. The topological polar surface area (TPSA) is 62.7 Å². The van der Waals surface area contributed by atoms with Crippen molar-refractivity contribution in [3.63, 3.8) is 0 Å². The van der Waals surface area contributed by atoms with Gasteiger partial charge in [-0.25, -0.2) is 0 Å². The minimum atomic E-state index is 0. The Hall–Kier alpha value is -1.11. The summed E-state index contributed by atoms with van der Waals surface area (Å²) >= 11 is 0. The molecule has 1 heterocycles. The van der Waals surface area contributed by atoms with Crippen molar-refractivity contribution in [1.29, 1.82) is 5.26 Å². The molecule has 3 nitrogen and oxygen atoms in total. The van der Waals surface area contributed by atoms with Crippen LogP contribution >= 0.6 is 12.4 Å². The lowest BCUT2D eigenvalue weighted by atomic mass is 10.5. The second-order valence-electron chi connectivity index (χ2n) is 1.71. The summed E-state index contributed by atoms with van der Waals surface area (Å²) < 4.78 is 1.82. The maximum Gasteiger partial charge on any atom is 0.233 e. The van der Waals surface area contributed by atoms with Gasteiger partial charge in [0, 0.05) is 12.1 Å². The van der Waals surface area contributed by atoms with Crippen LogP contribution in [-0.4, -0.2) is 0 Å². The van der Waals surface area contributed by atoms with Gasteiger partial charge in [0.1, 0.15) is 6.07 Å². The van der Waals surface area contributed by atoms with E-state index >= 15 is 0 Å². The lowest BCUT2D eigenvalue weighted by molar-refractivity contribution is -0.685. The van der Waals surface area contributed by atoms with Gasteiger partial charge >= 0.3 is 0 Å². The third-order valence-corrected chi connectivity index (χ3v) is 1.03. The van der Waals surface area contributed by atoms with Crippen molar-refractivity contribution in [2.75, 3.05) is 0 Å². The molecule has 0 saturated heterocycles. The van der Waals surface area contributed by atoms with E-state index in [-0.39, 0.29) is 18.6 Å². The first-order valence-electron chi connectivity index (χ1n) is 2.74. The Morgan fingerprint density at radius 3 is 2.18 bits per heavy atom. The summed E-state index contributed by atoms with van der Waals surface area (Å²) in [7, 11) is 0. The van der Waals surface area contributed by atoms with Crippen LogP contribution in [-0.2, 0) is 6.54 Å². The predicted molar refractivity (Wildman–Crippen MR) is 44.5 cm³/mol. The van der Waals surface area contributed by atoms with Crippen molar-refractivity contribution in [2.45, 2.75) is 6.54 Å². The van der Waals surface area contributed by atoms with Crippen LogP contribution in [0.15, 0.2) is 30.6 Å². The number of hydrogen-bond acceptors (Lipinski definition) is 2. The number of aromatic nitrogens is 1. The molecule has 3 N–H and O–H groups in total. The highest BCUT2D eigenvalue weighted by Gasteiger charge is 1.90. The molecule has 0 spiro atoms. The van der Waals surface area contributed by atoms with Gasteiger partial charge in [-0.1, -0.05) is 6.07 Å². The number of halogens is 1. The van der Waals surface area contributed by atoms with Gasteiger partial charge in [-0.3, -0.25) is 0 Å². The summed E-state index contributed by atoms with van der Waals surface area (Å²) in [5.41, 5.74) is 0. The predicted octanol–water partition coefficient (Wildman–Crippen LogP) is 1.08. The van der Waals surface area contributed by atoms with Gasteiger partial charge in [0.05, 0.1) is 0 Å². The highest BCUT2D eigenvalue weighted by molar-refractivity contribution is 5.85. The number of pyridine rings is 1. The summed E-state index contributed by atoms with van der Waals surface area (Å²) in [6, 6.07) is 7.77. The van der Waals surface area contributed by atoms with Crippen LogP contribution < -0.4 is 10.7 Å². The Morgan fingerprint density at radius 2 is 1.73 bits per heavy atom. The number of nitrogens with zero attached hydrogens (tertiary/aromatic N) is 2. The monoisotopic (exact) mass is 172 g/mol. The van der Waals surface area contributed by atoms with Gasteiger partial charge in [-0.15, -0.1) is 12.4 Å². The molecule has 0 aliphatic rings. The van der Waals surface area contributed by atoms with E-state index in [0.717, 1.165) is 0 Å². The molecule has 4 heteroatoms. The molecule has 1 aromatic rings. The Bertz CT molecular complexity index is 217. The Morgan fingerprint density at radius 1 is 1.18 bits per heavy atom. The van der Waals surface area contributed by atoms with E-state index in [1.807, 2.05) is 41.2 Å². The summed E-state index contributed by atoms with van der Waals surface area (Å²) in [6.07, 6.45) is 3.73. The van der Waals surface area contributed by atoms with Crippen molar-refractivity contribution < 1.29 is 4.57 Å². The second kappa shape index (κ2) is 7.00. The molecule has 0 atom stereocenters. The Kier molecular flexibility index (Phi) is 7.99. The average Bonchev–Trinajstić information content (AvgIpc) is 1.91. The smallest absolute Gasteiger partial charge is 0.233 e. The van der Waals surface area contributed by atoms with E-state index in [2.05, 4.69) is 0 Å². The third kappa shape index (κ3) is 4.31. The van der Waals surface area contributed by atoms with Crippen molar-refractivity contribution in [1.82, 2.24) is 6.15 Å². The zero-order valence-electron chi connectivity index (χ0n) is 6.10. The lowest BCUT2D eigenvalue weighted by Crippen LogP contribution is -2.31. The van der Waals surface area contributed by atoms with Crippen LogP contribution in [0.3, 0.4) is 0 Å². The summed E-state index contributed by atoms with van der Waals surface area (Å²) in [5, 5.41) is 8.25. The minimum Gasteiger partial charge on any atom is -0.344 e. The summed E-state index contributed by atoms with van der Waals surface area (Å²) in [4.78, 5) is 0. The molecule has 0 saturated carbocycles. The van der Waals surface area contributed by atoms with Gasteiger partial charge in [0.15, 0.2) is 12.4 Å². The first kappa shape index (κ1) is 12.6. The summed E-state index contributed by atoms with van der Waals surface area (Å²) in [5.74, 6) is 0. The van der Waals surface area contributed by atoms with E-state index in [0.29, 0.717) is 6.54 Å². The van der Waals surface area contributed by atoms with Crippen molar-refractivity contribution in [3.8, 4) is 6.07 Å². The summed E-state index contributed by atoms with van der Waals surface area (Å²) in [6.45, 7) is 0.431. The molecule has 0 unspecified atom stereocenters. The highest BCUT2D eigenvalue weighted by atomic mass is 35.5. The maximum absolute atomic E-state index is 8.25. The largest absolute Gasteiger partial charge is 0.344 e. The standard InChI is InChI=1S/C7H7N2.ClH.H3N/c8-4-7-9-5-2-1-3-6-9;;/h1-3,5-6H,7H2;1H;1H3/q+1;;. The quantitative estimate of drug-likeness (QED) is 0.645. The molecule has 60 valence electrons. The van der Waals surface area contributed by atoms with Crippen LogP contribution in [0, 0.1) is 11.3 Å². The SMILES string of the molecule is Cl.N.N#CC[n+]1ccccc1. The maximum atomic E-state index is 8.25. The molecular formula is C7H11ClN3+. The Balaban J connectivity index is 0. The molecule has 0 aliphatic carbocycles. The van der Waals surface area contributed by atoms with Crippen LogP contribution in [0.5, 0.6) is 0 Å². The molecule has 0 bridgehead atoms.